The Morgan fingerprint density at radius 1 is 1.36 bits per heavy atom. The Bertz CT molecular complexity index is 687. The Morgan fingerprint density at radius 3 is 2.77 bits per heavy atom. The highest BCUT2D eigenvalue weighted by Crippen LogP contribution is 2.31. The summed E-state index contributed by atoms with van der Waals surface area (Å²) >= 11 is 0. The molecule has 1 fully saturated rings. The van der Waals surface area contributed by atoms with Crippen LogP contribution in [0.5, 0.6) is 5.88 Å². The number of aromatic amines is 1. The van der Waals surface area contributed by atoms with Crippen LogP contribution in [0.15, 0.2) is 12.4 Å². The second-order valence-corrected chi connectivity index (χ2v) is 5.98. The maximum atomic E-state index is 12.2. The van der Waals surface area contributed by atoms with E-state index in [4.69, 9.17) is 4.74 Å². The number of hydrogen-bond donors (Lipinski definition) is 2. The molecule has 6 nitrogen and oxygen atoms in total. The van der Waals surface area contributed by atoms with Crippen molar-refractivity contribution >= 4 is 17.0 Å². The molecule has 0 unspecified atom stereocenters. The number of hydrogen-bond acceptors (Lipinski definition) is 4. The van der Waals surface area contributed by atoms with E-state index < -0.39 is 0 Å². The summed E-state index contributed by atoms with van der Waals surface area (Å²) in [6.07, 6.45) is 3.42. The lowest BCUT2D eigenvalue weighted by atomic mass is 10.0. The molecular formula is C16H22N4O2. The third-order valence-electron chi connectivity index (χ3n) is 4.13. The Morgan fingerprint density at radius 2 is 2.09 bits per heavy atom. The number of amides is 1. The van der Waals surface area contributed by atoms with Gasteiger partial charge >= 0.3 is 6.09 Å². The second kappa shape index (κ2) is 5.96. The van der Waals surface area contributed by atoms with Crippen LogP contribution in [0.25, 0.3) is 10.9 Å². The average molecular weight is 302 g/mol. The molecule has 3 rings (SSSR count). The Hall–Kier alpha value is -2.08. The fourth-order valence-corrected chi connectivity index (χ4v) is 2.86. The van der Waals surface area contributed by atoms with Gasteiger partial charge in [-0.1, -0.05) is 13.8 Å². The zero-order valence-corrected chi connectivity index (χ0v) is 13.3. The number of nitrogens with one attached hydrogen (secondary N) is 2. The molecular weight excluding hydrogens is 280 g/mol. The van der Waals surface area contributed by atoms with Crippen molar-refractivity contribution in [2.75, 3.05) is 26.2 Å². The van der Waals surface area contributed by atoms with E-state index in [1.165, 1.54) is 5.56 Å². The van der Waals surface area contributed by atoms with Gasteiger partial charge in [-0.2, -0.15) is 0 Å². The van der Waals surface area contributed by atoms with E-state index in [9.17, 15) is 4.79 Å². The normalized spacial score (nSPS) is 15.5. The van der Waals surface area contributed by atoms with E-state index >= 15 is 0 Å². The molecule has 0 radical (unpaired) electrons. The number of nitrogens with zero attached hydrogens (tertiary/aromatic N) is 2. The number of carbonyl (C=O) groups excluding carboxylic acids is 1. The van der Waals surface area contributed by atoms with Gasteiger partial charge in [0.1, 0.15) is 0 Å². The molecule has 0 atom stereocenters. The first-order chi connectivity index (χ1) is 10.6. The van der Waals surface area contributed by atoms with Crippen LogP contribution in [-0.2, 0) is 0 Å². The van der Waals surface area contributed by atoms with Crippen LogP contribution >= 0.6 is 0 Å². The molecule has 0 saturated carbocycles. The molecule has 1 amide bonds. The van der Waals surface area contributed by atoms with Gasteiger partial charge in [-0.05, 0) is 18.4 Å². The lowest BCUT2D eigenvalue weighted by molar-refractivity contribution is 0.144. The van der Waals surface area contributed by atoms with E-state index in [0.29, 0.717) is 24.9 Å². The first-order valence-electron chi connectivity index (χ1n) is 7.72. The van der Waals surface area contributed by atoms with Crippen molar-refractivity contribution in [3.63, 3.8) is 0 Å². The van der Waals surface area contributed by atoms with Crippen LogP contribution in [0, 0.1) is 6.92 Å². The number of aryl methyl sites for hydroxylation is 1. The lowest BCUT2D eigenvalue weighted by Gasteiger charge is -2.26. The SMILES string of the molecule is Cc1c(OC(=O)N2CCNCC2)ncc2[nH]cc(C(C)C)c12. The van der Waals surface area contributed by atoms with Crippen LogP contribution in [0.4, 0.5) is 4.79 Å². The summed E-state index contributed by atoms with van der Waals surface area (Å²) < 4.78 is 5.53. The van der Waals surface area contributed by atoms with Gasteiger partial charge in [0.25, 0.3) is 0 Å². The number of aromatic nitrogens is 2. The van der Waals surface area contributed by atoms with Crippen molar-refractivity contribution in [3.05, 3.63) is 23.5 Å². The number of carbonyl (C=O) groups is 1. The summed E-state index contributed by atoms with van der Waals surface area (Å²) in [6, 6.07) is 0. The Balaban J connectivity index is 1.89. The van der Waals surface area contributed by atoms with Crippen molar-refractivity contribution in [3.8, 4) is 5.88 Å². The molecule has 2 aromatic rings. The number of pyridine rings is 1. The third kappa shape index (κ3) is 2.66. The van der Waals surface area contributed by atoms with Gasteiger partial charge in [0.05, 0.1) is 11.7 Å². The molecule has 1 saturated heterocycles. The minimum Gasteiger partial charge on any atom is -0.391 e. The van der Waals surface area contributed by atoms with Crippen LogP contribution < -0.4 is 10.1 Å². The first-order valence-corrected chi connectivity index (χ1v) is 7.72. The second-order valence-electron chi connectivity index (χ2n) is 5.98. The summed E-state index contributed by atoms with van der Waals surface area (Å²) in [4.78, 5) is 21.5. The van der Waals surface area contributed by atoms with Gasteiger partial charge in [-0.3, -0.25) is 0 Å². The van der Waals surface area contributed by atoms with Gasteiger partial charge in [0.2, 0.25) is 5.88 Å². The first kappa shape index (κ1) is 14.8. The molecule has 118 valence electrons. The zero-order valence-electron chi connectivity index (χ0n) is 13.3. The fraction of sp³-hybridized carbons (Fsp3) is 0.500. The summed E-state index contributed by atoms with van der Waals surface area (Å²) in [5.41, 5.74) is 3.10. The predicted molar refractivity (Wildman–Crippen MR) is 85.4 cm³/mol. The molecule has 1 aliphatic heterocycles. The topological polar surface area (TPSA) is 70.2 Å². The maximum absolute atomic E-state index is 12.2. The minimum atomic E-state index is -0.321. The van der Waals surface area contributed by atoms with E-state index in [1.807, 2.05) is 13.1 Å². The van der Waals surface area contributed by atoms with Crippen molar-refractivity contribution in [2.24, 2.45) is 0 Å². The Kier molecular flexibility index (Phi) is 4.02. The molecule has 1 aliphatic rings. The number of H-pyrrole nitrogens is 1. The van der Waals surface area contributed by atoms with E-state index in [1.54, 1.807) is 11.1 Å². The summed E-state index contributed by atoms with van der Waals surface area (Å²) in [5, 5.41) is 4.32. The van der Waals surface area contributed by atoms with Crippen LogP contribution in [0.1, 0.15) is 30.9 Å². The highest BCUT2D eigenvalue weighted by atomic mass is 16.6. The highest BCUT2D eigenvalue weighted by molar-refractivity contribution is 5.88. The van der Waals surface area contributed by atoms with Crippen LogP contribution in [0.3, 0.4) is 0 Å². The van der Waals surface area contributed by atoms with Crippen LogP contribution in [-0.4, -0.2) is 47.1 Å². The van der Waals surface area contributed by atoms with Crippen molar-refractivity contribution in [2.45, 2.75) is 26.7 Å². The highest BCUT2D eigenvalue weighted by Gasteiger charge is 2.21. The molecule has 6 heteroatoms. The molecule has 0 spiro atoms. The van der Waals surface area contributed by atoms with Gasteiger partial charge in [0.15, 0.2) is 0 Å². The number of ether oxygens (including phenoxy) is 1. The van der Waals surface area contributed by atoms with Gasteiger partial charge in [-0.25, -0.2) is 9.78 Å². The largest absolute Gasteiger partial charge is 0.416 e. The summed E-state index contributed by atoms with van der Waals surface area (Å²) in [7, 11) is 0. The van der Waals surface area contributed by atoms with Crippen molar-refractivity contribution in [1.29, 1.82) is 0 Å². The predicted octanol–water partition coefficient (Wildman–Crippen LogP) is 2.40. The molecule has 2 aromatic heterocycles. The molecule has 0 aromatic carbocycles. The number of piperazine rings is 1. The standard InChI is InChI=1S/C16H22N4O2/c1-10(2)12-8-18-13-9-19-15(11(3)14(12)13)22-16(21)20-6-4-17-5-7-20/h8-10,17-18H,4-7H2,1-3H3. The molecule has 0 bridgehead atoms. The van der Waals surface area contributed by atoms with Gasteiger partial charge in [-0.15, -0.1) is 0 Å². The lowest BCUT2D eigenvalue weighted by Crippen LogP contribution is -2.47. The van der Waals surface area contributed by atoms with E-state index in [-0.39, 0.29) is 6.09 Å². The molecule has 3 heterocycles. The van der Waals surface area contributed by atoms with Crippen LogP contribution in [0.2, 0.25) is 0 Å². The average Bonchev–Trinajstić information content (AvgIpc) is 2.96. The quantitative estimate of drug-likeness (QED) is 0.893. The van der Waals surface area contributed by atoms with Crippen molar-refractivity contribution < 1.29 is 9.53 Å². The van der Waals surface area contributed by atoms with Gasteiger partial charge < -0.3 is 19.9 Å². The van der Waals surface area contributed by atoms with Gasteiger partial charge in [0, 0.05) is 43.3 Å². The fourth-order valence-electron chi connectivity index (χ4n) is 2.86. The Labute approximate surface area is 129 Å². The minimum absolute atomic E-state index is 0.321. The maximum Gasteiger partial charge on any atom is 0.416 e. The molecule has 2 N–H and O–H groups in total. The molecule has 22 heavy (non-hydrogen) atoms. The third-order valence-corrected chi connectivity index (χ3v) is 4.13. The smallest absolute Gasteiger partial charge is 0.391 e. The molecule has 0 aliphatic carbocycles. The number of rotatable bonds is 2. The zero-order chi connectivity index (χ0) is 15.7. The monoisotopic (exact) mass is 302 g/mol. The van der Waals surface area contributed by atoms with E-state index in [0.717, 1.165) is 29.6 Å². The summed E-state index contributed by atoms with van der Waals surface area (Å²) in [6.45, 7) is 9.19. The number of fused-ring (bicyclic) bond motifs is 1. The van der Waals surface area contributed by atoms with E-state index in [2.05, 4.69) is 29.1 Å². The summed E-state index contributed by atoms with van der Waals surface area (Å²) in [5.74, 6) is 0.795. The van der Waals surface area contributed by atoms with Crippen molar-refractivity contribution in [1.82, 2.24) is 20.2 Å².